The zero-order chi connectivity index (χ0) is 13.1. The number of benzene rings is 1. The van der Waals surface area contributed by atoms with Gasteiger partial charge in [0.15, 0.2) is 0 Å². The van der Waals surface area contributed by atoms with E-state index in [4.69, 9.17) is 16.0 Å². The van der Waals surface area contributed by atoms with Crippen LogP contribution in [0.25, 0.3) is 0 Å². The minimum Gasteiger partial charge on any atom is -0.467 e. The third-order valence-electron chi connectivity index (χ3n) is 2.51. The lowest BCUT2D eigenvalue weighted by atomic mass is 10.2. The van der Waals surface area contributed by atoms with Gasteiger partial charge in [-0.2, -0.15) is 0 Å². The summed E-state index contributed by atoms with van der Waals surface area (Å²) in [5.74, 6) is 0.768. The van der Waals surface area contributed by atoms with Crippen molar-refractivity contribution in [3.8, 4) is 0 Å². The smallest absolute Gasteiger partial charge is 0.271 e. The largest absolute Gasteiger partial charge is 0.467 e. The van der Waals surface area contributed by atoms with E-state index in [1.807, 2.05) is 13.0 Å². The number of furan rings is 1. The van der Waals surface area contributed by atoms with Crippen LogP contribution in [0.3, 0.4) is 0 Å². The molecule has 1 heterocycles. The van der Waals surface area contributed by atoms with Crippen LogP contribution in [-0.2, 0) is 0 Å². The molecule has 0 saturated heterocycles. The fourth-order valence-electron chi connectivity index (χ4n) is 1.58. The van der Waals surface area contributed by atoms with Crippen molar-refractivity contribution in [2.75, 3.05) is 5.32 Å². The van der Waals surface area contributed by atoms with E-state index in [9.17, 15) is 10.1 Å². The molecule has 0 bridgehead atoms. The van der Waals surface area contributed by atoms with Gasteiger partial charge in [-0.25, -0.2) is 0 Å². The van der Waals surface area contributed by atoms with Gasteiger partial charge in [-0.1, -0.05) is 11.6 Å². The minimum atomic E-state index is -0.481. The van der Waals surface area contributed by atoms with Crippen LogP contribution in [0, 0.1) is 10.1 Å². The van der Waals surface area contributed by atoms with Crippen molar-refractivity contribution in [1.82, 2.24) is 0 Å². The number of hydrogen-bond donors (Lipinski definition) is 1. The van der Waals surface area contributed by atoms with Crippen molar-refractivity contribution in [3.05, 3.63) is 57.5 Å². The molecular formula is C12H11ClN2O3. The Bertz CT molecular complexity index is 554. The number of halogens is 1. The Morgan fingerprint density at radius 2 is 2.22 bits per heavy atom. The number of nitrogens with zero attached hydrogens (tertiary/aromatic N) is 1. The highest BCUT2D eigenvalue weighted by Crippen LogP contribution is 2.29. The van der Waals surface area contributed by atoms with Crippen molar-refractivity contribution in [3.63, 3.8) is 0 Å². The number of hydrogen-bond acceptors (Lipinski definition) is 4. The summed E-state index contributed by atoms with van der Waals surface area (Å²) < 4.78 is 5.26. The summed E-state index contributed by atoms with van der Waals surface area (Å²) in [5, 5.41) is 14.0. The maximum Gasteiger partial charge on any atom is 0.271 e. The van der Waals surface area contributed by atoms with Crippen molar-refractivity contribution < 1.29 is 9.34 Å². The Hall–Kier alpha value is -2.01. The summed E-state index contributed by atoms with van der Waals surface area (Å²) in [6, 6.07) is 7.88. The van der Waals surface area contributed by atoms with E-state index in [1.54, 1.807) is 18.4 Å². The standard InChI is InChI=1S/C12H11ClN2O3/c1-8(12-3-2-6-18-12)14-11-5-4-9(15(16)17)7-10(11)13/h2-8,14H,1H3. The number of rotatable bonds is 4. The molecule has 0 spiro atoms. The van der Waals surface area contributed by atoms with Crippen molar-refractivity contribution in [2.24, 2.45) is 0 Å². The van der Waals surface area contributed by atoms with Gasteiger partial charge in [0.05, 0.1) is 27.9 Å². The number of nitro benzene ring substituents is 1. The molecule has 0 saturated carbocycles. The summed E-state index contributed by atoms with van der Waals surface area (Å²) in [6.07, 6.45) is 1.59. The highest BCUT2D eigenvalue weighted by Gasteiger charge is 2.13. The predicted molar refractivity (Wildman–Crippen MR) is 68.9 cm³/mol. The molecule has 0 radical (unpaired) electrons. The first kappa shape index (κ1) is 12.4. The summed E-state index contributed by atoms with van der Waals surface area (Å²) >= 11 is 5.98. The molecule has 0 aliphatic rings. The molecule has 5 nitrogen and oxygen atoms in total. The molecule has 1 aromatic carbocycles. The number of non-ortho nitro benzene ring substituents is 1. The van der Waals surface area contributed by atoms with Gasteiger partial charge in [0.2, 0.25) is 0 Å². The fraction of sp³-hybridized carbons (Fsp3) is 0.167. The minimum absolute atomic E-state index is 0.0313. The van der Waals surface area contributed by atoms with Crippen molar-refractivity contribution >= 4 is 23.0 Å². The normalized spacial score (nSPS) is 12.1. The molecule has 2 rings (SSSR count). The molecule has 2 aromatic rings. The molecular weight excluding hydrogens is 256 g/mol. The summed E-state index contributed by atoms with van der Waals surface area (Å²) in [7, 11) is 0. The van der Waals surface area contributed by atoms with Crippen LogP contribution in [0.5, 0.6) is 0 Å². The van der Waals surface area contributed by atoms with E-state index in [-0.39, 0.29) is 11.7 Å². The van der Waals surface area contributed by atoms with E-state index in [2.05, 4.69) is 5.32 Å². The lowest BCUT2D eigenvalue weighted by Gasteiger charge is -2.13. The second kappa shape index (κ2) is 5.10. The predicted octanol–water partition coefficient (Wildman–Crippen LogP) is 4.01. The van der Waals surface area contributed by atoms with Gasteiger partial charge in [-0.05, 0) is 25.1 Å². The van der Waals surface area contributed by atoms with E-state index in [1.165, 1.54) is 12.1 Å². The Morgan fingerprint density at radius 1 is 1.44 bits per heavy atom. The number of nitro groups is 1. The van der Waals surface area contributed by atoms with Gasteiger partial charge < -0.3 is 9.73 Å². The average molecular weight is 267 g/mol. The Kier molecular flexibility index (Phi) is 3.53. The van der Waals surface area contributed by atoms with Crippen LogP contribution >= 0.6 is 11.6 Å². The first-order valence-electron chi connectivity index (χ1n) is 5.32. The monoisotopic (exact) mass is 266 g/mol. The van der Waals surface area contributed by atoms with Crippen LogP contribution < -0.4 is 5.32 Å². The van der Waals surface area contributed by atoms with E-state index in [0.29, 0.717) is 10.7 Å². The lowest BCUT2D eigenvalue weighted by molar-refractivity contribution is -0.384. The molecule has 0 amide bonds. The first-order valence-corrected chi connectivity index (χ1v) is 5.69. The molecule has 18 heavy (non-hydrogen) atoms. The molecule has 0 aliphatic carbocycles. The zero-order valence-electron chi connectivity index (χ0n) is 9.59. The van der Waals surface area contributed by atoms with Gasteiger partial charge in [-0.15, -0.1) is 0 Å². The van der Waals surface area contributed by atoms with Gasteiger partial charge in [0, 0.05) is 12.1 Å². The number of nitrogens with one attached hydrogen (secondary N) is 1. The second-order valence-corrected chi connectivity index (χ2v) is 4.21. The molecule has 1 aromatic heterocycles. The van der Waals surface area contributed by atoms with Gasteiger partial charge in [0.25, 0.3) is 5.69 Å². The summed E-state index contributed by atoms with van der Waals surface area (Å²) in [6.45, 7) is 1.91. The van der Waals surface area contributed by atoms with Crippen LogP contribution in [-0.4, -0.2) is 4.92 Å². The molecule has 6 heteroatoms. The molecule has 1 N–H and O–H groups in total. The maximum absolute atomic E-state index is 10.6. The maximum atomic E-state index is 10.6. The Morgan fingerprint density at radius 3 is 2.78 bits per heavy atom. The molecule has 1 unspecified atom stereocenters. The number of anilines is 1. The van der Waals surface area contributed by atoms with Crippen molar-refractivity contribution in [2.45, 2.75) is 13.0 Å². The first-order chi connectivity index (χ1) is 8.58. The quantitative estimate of drug-likeness (QED) is 0.670. The highest BCUT2D eigenvalue weighted by molar-refractivity contribution is 6.33. The van der Waals surface area contributed by atoms with Gasteiger partial charge >= 0.3 is 0 Å². The Balaban J connectivity index is 2.17. The third kappa shape index (κ3) is 2.62. The highest BCUT2D eigenvalue weighted by atomic mass is 35.5. The SMILES string of the molecule is CC(Nc1ccc([N+](=O)[O-])cc1Cl)c1ccco1. The van der Waals surface area contributed by atoms with E-state index >= 15 is 0 Å². The summed E-state index contributed by atoms with van der Waals surface area (Å²) in [5.41, 5.74) is 0.599. The van der Waals surface area contributed by atoms with Crippen LogP contribution in [0.2, 0.25) is 5.02 Å². The lowest BCUT2D eigenvalue weighted by Crippen LogP contribution is -2.06. The van der Waals surface area contributed by atoms with Crippen molar-refractivity contribution in [1.29, 1.82) is 0 Å². The third-order valence-corrected chi connectivity index (χ3v) is 2.82. The van der Waals surface area contributed by atoms with E-state index in [0.717, 1.165) is 5.76 Å². The van der Waals surface area contributed by atoms with Crippen LogP contribution in [0.4, 0.5) is 11.4 Å². The molecule has 0 aliphatic heterocycles. The van der Waals surface area contributed by atoms with E-state index < -0.39 is 4.92 Å². The second-order valence-electron chi connectivity index (χ2n) is 3.80. The summed E-state index contributed by atoms with van der Waals surface area (Å²) in [4.78, 5) is 10.1. The average Bonchev–Trinajstić information content (AvgIpc) is 2.85. The topological polar surface area (TPSA) is 68.3 Å². The zero-order valence-corrected chi connectivity index (χ0v) is 10.3. The molecule has 0 fully saturated rings. The fourth-order valence-corrected chi connectivity index (χ4v) is 1.81. The van der Waals surface area contributed by atoms with Gasteiger partial charge in [-0.3, -0.25) is 10.1 Å². The van der Waals surface area contributed by atoms with Crippen LogP contribution in [0.15, 0.2) is 41.0 Å². The molecule has 94 valence electrons. The van der Waals surface area contributed by atoms with Gasteiger partial charge in [0.1, 0.15) is 5.76 Å². The Labute approximate surface area is 109 Å². The molecule has 1 atom stereocenters. The van der Waals surface area contributed by atoms with Crippen LogP contribution in [0.1, 0.15) is 18.7 Å².